The van der Waals surface area contributed by atoms with E-state index in [9.17, 15) is 14.0 Å². The van der Waals surface area contributed by atoms with Gasteiger partial charge in [0.2, 0.25) is 5.91 Å². The molecule has 4 aromatic rings. The lowest BCUT2D eigenvalue weighted by molar-refractivity contribution is -0.121. The van der Waals surface area contributed by atoms with Gasteiger partial charge >= 0.3 is 0 Å². The van der Waals surface area contributed by atoms with Gasteiger partial charge in [0.05, 0.1) is 17.6 Å². The van der Waals surface area contributed by atoms with E-state index in [1.165, 1.54) is 12.1 Å². The number of pyridine rings is 2. The van der Waals surface area contributed by atoms with Gasteiger partial charge in [-0.2, -0.15) is 0 Å². The second kappa shape index (κ2) is 7.48. The summed E-state index contributed by atoms with van der Waals surface area (Å²) in [6, 6.07) is 15.3. The minimum atomic E-state index is -0.398. The van der Waals surface area contributed by atoms with E-state index < -0.39 is 5.82 Å². The van der Waals surface area contributed by atoms with Crippen LogP contribution in [0.2, 0.25) is 0 Å². The molecule has 3 heterocycles. The molecule has 5 rings (SSSR count). The summed E-state index contributed by atoms with van der Waals surface area (Å²) in [5.74, 6) is 0.0256. The van der Waals surface area contributed by atoms with Crippen LogP contribution >= 0.6 is 0 Å². The molecule has 8 heteroatoms. The largest absolute Gasteiger partial charge is 0.384 e. The normalized spacial score (nSPS) is 15.1. The number of benzene rings is 2. The molecule has 0 unspecified atom stereocenters. The first-order chi connectivity index (χ1) is 15.0. The zero-order valence-electron chi connectivity index (χ0n) is 16.6. The SMILES string of the molecule is Nc1ccc2cc(N3CCN(Cc4cc5ccc(F)cc5[nH]c4=O)CC3=O)ccc2n1. The molecule has 0 atom stereocenters. The standard InChI is InChI=1S/C23H20FN5O2/c24-17-3-1-14-9-16(23(31)27-20(14)11-17)12-28-7-8-29(22(30)13-28)18-4-5-19-15(10-18)2-6-21(25)26-19/h1-6,9-11H,7-8,12-13H2,(H2,25,26)(H,27,31). The molecule has 0 bridgehead atoms. The fourth-order valence-corrected chi connectivity index (χ4v) is 4.00. The lowest BCUT2D eigenvalue weighted by atomic mass is 10.1. The number of nitrogens with zero attached hydrogens (tertiary/aromatic N) is 3. The molecule has 1 saturated heterocycles. The Kier molecular flexibility index (Phi) is 4.63. The molecule has 0 aliphatic carbocycles. The number of piperazine rings is 1. The van der Waals surface area contributed by atoms with Gasteiger partial charge in [-0.25, -0.2) is 9.37 Å². The molecule has 1 aliphatic heterocycles. The third-order valence-electron chi connectivity index (χ3n) is 5.58. The minimum absolute atomic E-state index is 0.0340. The molecular formula is C23H20FN5O2. The van der Waals surface area contributed by atoms with E-state index >= 15 is 0 Å². The quantitative estimate of drug-likeness (QED) is 0.534. The van der Waals surface area contributed by atoms with Gasteiger partial charge in [-0.3, -0.25) is 14.5 Å². The summed E-state index contributed by atoms with van der Waals surface area (Å²) in [7, 11) is 0. The van der Waals surface area contributed by atoms with E-state index in [0.29, 0.717) is 36.5 Å². The summed E-state index contributed by atoms with van der Waals surface area (Å²) >= 11 is 0. The van der Waals surface area contributed by atoms with E-state index in [1.807, 2.05) is 29.2 Å². The highest BCUT2D eigenvalue weighted by Gasteiger charge is 2.26. The van der Waals surface area contributed by atoms with E-state index in [0.717, 1.165) is 22.0 Å². The first kappa shape index (κ1) is 19.2. The van der Waals surface area contributed by atoms with Crippen molar-refractivity contribution >= 4 is 39.2 Å². The number of amides is 1. The van der Waals surface area contributed by atoms with Crippen molar-refractivity contribution in [3.8, 4) is 0 Å². The molecular weight excluding hydrogens is 397 g/mol. The lowest BCUT2D eigenvalue weighted by Crippen LogP contribution is -2.50. The Morgan fingerprint density at radius 1 is 1.00 bits per heavy atom. The average Bonchev–Trinajstić information content (AvgIpc) is 2.74. The van der Waals surface area contributed by atoms with Crippen molar-refractivity contribution < 1.29 is 9.18 Å². The van der Waals surface area contributed by atoms with Crippen molar-refractivity contribution in [2.24, 2.45) is 0 Å². The van der Waals surface area contributed by atoms with Crippen molar-refractivity contribution in [2.45, 2.75) is 6.54 Å². The van der Waals surface area contributed by atoms with Crippen molar-refractivity contribution in [3.05, 3.63) is 76.3 Å². The van der Waals surface area contributed by atoms with Crippen molar-refractivity contribution in [2.75, 3.05) is 30.3 Å². The highest BCUT2D eigenvalue weighted by atomic mass is 19.1. The summed E-state index contributed by atoms with van der Waals surface area (Å²) in [6.07, 6.45) is 0. The van der Waals surface area contributed by atoms with Crippen LogP contribution in [-0.4, -0.2) is 40.4 Å². The molecule has 156 valence electrons. The third-order valence-corrected chi connectivity index (χ3v) is 5.58. The number of rotatable bonds is 3. The second-order valence-electron chi connectivity index (χ2n) is 7.72. The van der Waals surface area contributed by atoms with Crippen LogP contribution in [0.25, 0.3) is 21.8 Å². The van der Waals surface area contributed by atoms with Crippen molar-refractivity contribution in [3.63, 3.8) is 0 Å². The number of halogens is 1. The van der Waals surface area contributed by atoms with Crippen LogP contribution in [0.4, 0.5) is 15.9 Å². The van der Waals surface area contributed by atoms with Gasteiger partial charge in [0.25, 0.3) is 5.56 Å². The van der Waals surface area contributed by atoms with Crippen LogP contribution in [-0.2, 0) is 11.3 Å². The number of nitrogens with one attached hydrogen (secondary N) is 1. The summed E-state index contributed by atoms with van der Waals surface area (Å²) in [5, 5.41) is 1.67. The maximum Gasteiger partial charge on any atom is 0.252 e. The first-order valence-electron chi connectivity index (χ1n) is 9.97. The molecule has 1 aliphatic rings. The number of H-pyrrole nitrogens is 1. The number of anilines is 2. The predicted octanol–water partition coefficient (Wildman–Crippen LogP) is 2.65. The fourth-order valence-electron chi connectivity index (χ4n) is 4.00. The molecule has 7 nitrogen and oxygen atoms in total. The summed E-state index contributed by atoms with van der Waals surface area (Å²) in [4.78, 5) is 36.0. The van der Waals surface area contributed by atoms with E-state index in [4.69, 9.17) is 5.73 Å². The second-order valence-corrected chi connectivity index (χ2v) is 7.72. The summed E-state index contributed by atoms with van der Waals surface area (Å²) < 4.78 is 13.4. The number of carbonyl (C=O) groups is 1. The maximum atomic E-state index is 13.4. The molecule has 2 aromatic carbocycles. The summed E-state index contributed by atoms with van der Waals surface area (Å²) in [5.41, 5.74) is 8.07. The average molecular weight is 417 g/mol. The molecule has 31 heavy (non-hydrogen) atoms. The first-order valence-corrected chi connectivity index (χ1v) is 9.97. The fraction of sp³-hybridized carbons (Fsp3) is 0.174. The molecule has 3 N–H and O–H groups in total. The number of aromatic amines is 1. The van der Waals surface area contributed by atoms with Crippen LogP contribution in [0, 0.1) is 5.82 Å². The lowest BCUT2D eigenvalue weighted by Gasteiger charge is -2.34. The number of carbonyl (C=O) groups excluding carboxylic acids is 1. The molecule has 1 amide bonds. The van der Waals surface area contributed by atoms with Gasteiger partial charge in [0.1, 0.15) is 11.6 Å². The maximum absolute atomic E-state index is 13.4. The zero-order chi connectivity index (χ0) is 21.5. The Hall–Kier alpha value is -3.78. The Balaban J connectivity index is 1.33. The van der Waals surface area contributed by atoms with Crippen molar-refractivity contribution in [1.29, 1.82) is 0 Å². The molecule has 0 saturated carbocycles. The number of aromatic nitrogens is 2. The van der Waals surface area contributed by atoms with Crippen LogP contribution < -0.4 is 16.2 Å². The van der Waals surface area contributed by atoms with Crippen LogP contribution in [0.5, 0.6) is 0 Å². The number of hydrogen-bond acceptors (Lipinski definition) is 5. The van der Waals surface area contributed by atoms with Crippen LogP contribution in [0.3, 0.4) is 0 Å². The molecule has 1 fully saturated rings. The smallest absolute Gasteiger partial charge is 0.252 e. The highest BCUT2D eigenvalue weighted by Crippen LogP contribution is 2.24. The Bertz CT molecular complexity index is 1380. The van der Waals surface area contributed by atoms with Gasteiger partial charge in [-0.05, 0) is 60.0 Å². The van der Waals surface area contributed by atoms with Gasteiger partial charge in [-0.15, -0.1) is 0 Å². The van der Waals surface area contributed by atoms with Crippen LogP contribution in [0.1, 0.15) is 5.56 Å². The van der Waals surface area contributed by atoms with Gasteiger partial charge in [0.15, 0.2) is 0 Å². The van der Waals surface area contributed by atoms with E-state index in [1.54, 1.807) is 23.1 Å². The van der Waals surface area contributed by atoms with Gasteiger partial charge in [-0.1, -0.05) is 0 Å². The van der Waals surface area contributed by atoms with Crippen LogP contribution in [0.15, 0.2) is 59.4 Å². The Morgan fingerprint density at radius 2 is 1.84 bits per heavy atom. The van der Waals surface area contributed by atoms with E-state index in [-0.39, 0.29) is 18.0 Å². The number of hydrogen-bond donors (Lipinski definition) is 2. The number of nitrogen functional groups attached to an aromatic ring is 1. The molecule has 0 radical (unpaired) electrons. The van der Waals surface area contributed by atoms with E-state index in [2.05, 4.69) is 9.97 Å². The topological polar surface area (TPSA) is 95.3 Å². The molecule has 0 spiro atoms. The Morgan fingerprint density at radius 3 is 2.68 bits per heavy atom. The Labute approximate surface area is 176 Å². The summed E-state index contributed by atoms with van der Waals surface area (Å²) in [6.45, 7) is 1.70. The minimum Gasteiger partial charge on any atom is -0.384 e. The number of fused-ring (bicyclic) bond motifs is 2. The molecule has 2 aromatic heterocycles. The highest BCUT2D eigenvalue weighted by molar-refractivity contribution is 5.97. The number of nitrogens with two attached hydrogens (primary N) is 1. The third kappa shape index (κ3) is 3.73. The monoisotopic (exact) mass is 417 g/mol. The zero-order valence-corrected chi connectivity index (χ0v) is 16.6. The predicted molar refractivity (Wildman–Crippen MR) is 118 cm³/mol. The van der Waals surface area contributed by atoms with Gasteiger partial charge in [0, 0.05) is 36.3 Å². The van der Waals surface area contributed by atoms with Crippen molar-refractivity contribution in [1.82, 2.24) is 14.9 Å². The van der Waals surface area contributed by atoms with Gasteiger partial charge < -0.3 is 15.6 Å².